The largest absolute Gasteiger partial charge is 0.393 e. The molecule has 1 aromatic carbocycles. The molecule has 0 aliphatic carbocycles. The Morgan fingerprint density at radius 2 is 1.89 bits per heavy atom. The highest BCUT2D eigenvalue weighted by atomic mass is 35.5. The number of benzene rings is 1. The summed E-state index contributed by atoms with van der Waals surface area (Å²) in [5.74, 6) is -0.507. The zero-order valence-electron chi connectivity index (χ0n) is 16.4. The molecule has 2 atom stereocenters. The van der Waals surface area contributed by atoms with Gasteiger partial charge in [0.25, 0.3) is 11.5 Å². The maximum atomic E-state index is 13.2. The van der Waals surface area contributed by atoms with Gasteiger partial charge in [0.05, 0.1) is 23.2 Å². The van der Waals surface area contributed by atoms with Crippen LogP contribution in [0.5, 0.6) is 0 Å². The lowest BCUT2D eigenvalue weighted by Crippen LogP contribution is -2.39. The number of nitrogens with zero attached hydrogens (tertiary/aromatic N) is 1. The fourth-order valence-corrected chi connectivity index (χ4v) is 4.40. The number of aliphatic hydroxyl groups excluding tert-OH is 1. The number of aryl methyl sites for hydroxylation is 2. The van der Waals surface area contributed by atoms with E-state index < -0.39 is 6.10 Å². The highest BCUT2D eigenvalue weighted by Crippen LogP contribution is 2.38. The monoisotopic (exact) mass is 422 g/mol. The van der Waals surface area contributed by atoms with Gasteiger partial charge >= 0.3 is 0 Å². The Hall–Kier alpha value is -1.82. The number of halogens is 2. The van der Waals surface area contributed by atoms with Crippen LogP contribution >= 0.6 is 23.2 Å². The molecule has 1 amide bonds. The average molecular weight is 423 g/mol. The molecule has 5 nitrogen and oxygen atoms in total. The summed E-state index contributed by atoms with van der Waals surface area (Å²) in [5.41, 5.74) is 3.77. The maximum absolute atomic E-state index is 13.2. The standard InChI is InChI=1S/C21H24Cl2N2O3/c1-10-7-11(2)24-20(27)16(10)9-25-6-5-14-17(22)8-15(12(3)13(4)26)19(23)18(14)21(25)28/h7-8,12-13,26H,5-6,9H2,1-4H3,(H,24,27)/t12-,13-/m1/s1. The highest BCUT2D eigenvalue weighted by molar-refractivity contribution is 6.37. The third kappa shape index (κ3) is 3.71. The SMILES string of the molecule is Cc1cc(C)c(CN2CCc3c(Cl)cc([C@H](C)[C@@H](C)O)c(Cl)c3C2=O)c(=O)[nH]1. The Labute approximate surface area is 174 Å². The molecule has 0 fully saturated rings. The Balaban J connectivity index is 2.02. The molecular weight excluding hydrogens is 399 g/mol. The summed E-state index contributed by atoms with van der Waals surface area (Å²) in [5, 5.41) is 10.8. The topological polar surface area (TPSA) is 73.4 Å². The van der Waals surface area contributed by atoms with Crippen molar-refractivity contribution in [2.75, 3.05) is 6.54 Å². The van der Waals surface area contributed by atoms with Gasteiger partial charge in [0.15, 0.2) is 0 Å². The third-order valence-electron chi connectivity index (χ3n) is 5.53. The Morgan fingerprint density at radius 1 is 1.21 bits per heavy atom. The number of aliphatic hydroxyl groups is 1. The number of aromatic amines is 1. The Kier molecular flexibility index (Phi) is 5.89. The van der Waals surface area contributed by atoms with Crippen LogP contribution in [0.4, 0.5) is 0 Å². The lowest BCUT2D eigenvalue weighted by Gasteiger charge is -2.31. The molecular formula is C21H24Cl2N2O3. The van der Waals surface area contributed by atoms with E-state index in [1.165, 1.54) is 0 Å². The van der Waals surface area contributed by atoms with Crippen molar-refractivity contribution >= 4 is 29.1 Å². The molecule has 0 bridgehead atoms. The van der Waals surface area contributed by atoms with E-state index in [0.717, 1.165) is 16.8 Å². The average Bonchev–Trinajstić information content (AvgIpc) is 2.61. The first-order valence-corrected chi connectivity index (χ1v) is 10.0. The van der Waals surface area contributed by atoms with Gasteiger partial charge in [-0.1, -0.05) is 30.1 Å². The number of H-pyrrole nitrogens is 1. The van der Waals surface area contributed by atoms with Gasteiger partial charge in [0, 0.05) is 28.7 Å². The molecule has 0 saturated heterocycles. The number of aromatic nitrogens is 1. The first-order chi connectivity index (χ1) is 13.1. The predicted molar refractivity (Wildman–Crippen MR) is 112 cm³/mol. The molecule has 1 aliphatic rings. The first-order valence-electron chi connectivity index (χ1n) is 9.29. The molecule has 0 radical (unpaired) electrons. The van der Waals surface area contributed by atoms with E-state index in [1.54, 1.807) is 17.9 Å². The van der Waals surface area contributed by atoms with Crippen LogP contribution in [0, 0.1) is 13.8 Å². The van der Waals surface area contributed by atoms with Crippen LogP contribution in [0.3, 0.4) is 0 Å². The van der Waals surface area contributed by atoms with Crippen LogP contribution in [-0.4, -0.2) is 33.5 Å². The van der Waals surface area contributed by atoms with Crippen molar-refractivity contribution in [3.05, 3.63) is 66.0 Å². The van der Waals surface area contributed by atoms with Gasteiger partial charge in [-0.05, 0) is 56.0 Å². The van der Waals surface area contributed by atoms with Gasteiger partial charge in [0.2, 0.25) is 0 Å². The van der Waals surface area contributed by atoms with Crippen molar-refractivity contribution in [2.45, 2.75) is 52.7 Å². The smallest absolute Gasteiger partial charge is 0.256 e. The molecule has 2 N–H and O–H groups in total. The number of amides is 1. The molecule has 150 valence electrons. The molecule has 0 spiro atoms. The third-order valence-corrected chi connectivity index (χ3v) is 6.28. The molecule has 0 unspecified atom stereocenters. The van der Waals surface area contributed by atoms with Crippen LogP contribution in [-0.2, 0) is 13.0 Å². The van der Waals surface area contributed by atoms with Gasteiger partial charge in [-0.3, -0.25) is 9.59 Å². The fourth-order valence-electron chi connectivity index (χ4n) is 3.67. The van der Waals surface area contributed by atoms with E-state index in [1.807, 2.05) is 26.8 Å². The Bertz CT molecular complexity index is 998. The van der Waals surface area contributed by atoms with E-state index in [0.29, 0.717) is 39.7 Å². The van der Waals surface area contributed by atoms with E-state index in [-0.39, 0.29) is 23.9 Å². The van der Waals surface area contributed by atoms with Gasteiger partial charge in [-0.25, -0.2) is 0 Å². The second kappa shape index (κ2) is 7.90. The highest BCUT2D eigenvalue weighted by Gasteiger charge is 2.32. The molecule has 1 aromatic heterocycles. The van der Waals surface area contributed by atoms with Crippen LogP contribution in [0.15, 0.2) is 16.9 Å². The molecule has 2 aromatic rings. The van der Waals surface area contributed by atoms with Crippen LogP contribution < -0.4 is 5.56 Å². The zero-order chi connectivity index (χ0) is 20.7. The minimum atomic E-state index is -0.629. The predicted octanol–water partition coefficient (Wildman–Crippen LogP) is 3.98. The van der Waals surface area contributed by atoms with Gasteiger partial charge in [0.1, 0.15) is 0 Å². The van der Waals surface area contributed by atoms with Crippen molar-refractivity contribution < 1.29 is 9.90 Å². The van der Waals surface area contributed by atoms with Crippen LogP contribution in [0.2, 0.25) is 10.0 Å². The summed E-state index contributed by atoms with van der Waals surface area (Å²) >= 11 is 13.0. The number of hydrogen-bond donors (Lipinski definition) is 2. The number of rotatable bonds is 4. The number of nitrogens with one attached hydrogen (secondary N) is 1. The van der Waals surface area contributed by atoms with Crippen molar-refractivity contribution in [3.63, 3.8) is 0 Å². The molecule has 7 heteroatoms. The number of pyridine rings is 1. The first kappa shape index (κ1) is 20.9. The van der Waals surface area contributed by atoms with Crippen molar-refractivity contribution in [1.82, 2.24) is 9.88 Å². The van der Waals surface area contributed by atoms with E-state index in [9.17, 15) is 14.7 Å². The second-order valence-electron chi connectivity index (χ2n) is 7.56. The second-order valence-corrected chi connectivity index (χ2v) is 8.35. The molecule has 0 saturated carbocycles. The number of carbonyl (C=O) groups is 1. The molecule has 2 heterocycles. The van der Waals surface area contributed by atoms with Gasteiger partial charge in [-0.15, -0.1) is 0 Å². The number of hydrogen-bond acceptors (Lipinski definition) is 3. The Morgan fingerprint density at radius 3 is 2.50 bits per heavy atom. The van der Waals surface area contributed by atoms with Crippen molar-refractivity contribution in [2.24, 2.45) is 0 Å². The molecule has 1 aliphatic heterocycles. The molecule has 3 rings (SSSR count). The minimum Gasteiger partial charge on any atom is -0.393 e. The summed E-state index contributed by atoms with van der Waals surface area (Å²) < 4.78 is 0. The molecule has 28 heavy (non-hydrogen) atoms. The maximum Gasteiger partial charge on any atom is 0.256 e. The fraction of sp³-hybridized carbons (Fsp3) is 0.429. The quantitative estimate of drug-likeness (QED) is 0.782. The van der Waals surface area contributed by atoms with Gasteiger partial charge in [-0.2, -0.15) is 0 Å². The number of carbonyl (C=O) groups excluding carboxylic acids is 1. The summed E-state index contributed by atoms with van der Waals surface area (Å²) in [6.45, 7) is 7.88. The lowest BCUT2D eigenvalue weighted by molar-refractivity contribution is 0.0726. The summed E-state index contributed by atoms with van der Waals surface area (Å²) in [6.07, 6.45) is -0.0682. The van der Waals surface area contributed by atoms with E-state index >= 15 is 0 Å². The zero-order valence-corrected chi connectivity index (χ0v) is 17.9. The number of fused-ring (bicyclic) bond motifs is 1. The van der Waals surface area contributed by atoms with Gasteiger partial charge < -0.3 is 15.0 Å². The lowest BCUT2D eigenvalue weighted by atomic mass is 9.89. The van der Waals surface area contributed by atoms with Crippen LogP contribution in [0.25, 0.3) is 0 Å². The van der Waals surface area contributed by atoms with E-state index in [4.69, 9.17) is 23.2 Å². The summed E-state index contributed by atoms with van der Waals surface area (Å²) in [4.78, 5) is 30.0. The van der Waals surface area contributed by atoms with Crippen LogP contribution in [0.1, 0.15) is 58.1 Å². The summed E-state index contributed by atoms with van der Waals surface area (Å²) in [7, 11) is 0. The van der Waals surface area contributed by atoms with Crippen molar-refractivity contribution in [1.29, 1.82) is 0 Å². The normalized spacial score (nSPS) is 16.1. The van der Waals surface area contributed by atoms with E-state index in [2.05, 4.69) is 4.98 Å². The summed E-state index contributed by atoms with van der Waals surface area (Å²) in [6, 6.07) is 3.64. The van der Waals surface area contributed by atoms with Crippen molar-refractivity contribution in [3.8, 4) is 0 Å². The minimum absolute atomic E-state index is 0.184.